The minimum Gasteiger partial charge on any atom is -0.381 e. The number of carbonyl (C=O) groups is 1. The number of amides is 1. The molecule has 0 saturated carbocycles. The van der Waals surface area contributed by atoms with Gasteiger partial charge in [0.1, 0.15) is 6.54 Å². The van der Waals surface area contributed by atoms with E-state index >= 15 is 0 Å². The van der Waals surface area contributed by atoms with Crippen LogP contribution < -0.4 is 5.32 Å². The first-order valence-electron chi connectivity index (χ1n) is 8.68. The summed E-state index contributed by atoms with van der Waals surface area (Å²) in [5.41, 5.74) is 2.10. The quantitative estimate of drug-likeness (QED) is 0.503. The molecule has 2 N–H and O–H groups in total. The van der Waals surface area contributed by atoms with Gasteiger partial charge in [-0.15, -0.1) is 0 Å². The van der Waals surface area contributed by atoms with Crippen LogP contribution in [-0.4, -0.2) is 40.4 Å². The summed E-state index contributed by atoms with van der Waals surface area (Å²) < 4.78 is 7.63. The van der Waals surface area contributed by atoms with E-state index in [1.54, 1.807) is 4.57 Å². The van der Waals surface area contributed by atoms with Crippen LogP contribution in [0.1, 0.15) is 31.7 Å². The number of H-pyrrole nitrogens is 1. The van der Waals surface area contributed by atoms with Gasteiger partial charge >= 0.3 is 0 Å². The van der Waals surface area contributed by atoms with E-state index in [0.29, 0.717) is 23.7 Å². The minimum atomic E-state index is -0.0839. The average Bonchev–Trinajstić information content (AvgIpc) is 2.95. The molecule has 2 aromatic rings. The Labute approximate surface area is 153 Å². The largest absolute Gasteiger partial charge is 0.381 e. The van der Waals surface area contributed by atoms with Crippen molar-refractivity contribution in [2.75, 3.05) is 19.8 Å². The fourth-order valence-electron chi connectivity index (χ4n) is 2.34. The molecule has 0 aliphatic heterocycles. The minimum absolute atomic E-state index is 0.0839. The Kier molecular flexibility index (Phi) is 7.81. The predicted octanol–water partition coefficient (Wildman–Crippen LogP) is 3.24. The second-order valence-corrected chi connectivity index (χ2v) is 6.36. The van der Waals surface area contributed by atoms with Crippen LogP contribution in [0.15, 0.2) is 24.3 Å². The van der Waals surface area contributed by atoms with Gasteiger partial charge < -0.3 is 10.1 Å². The van der Waals surface area contributed by atoms with E-state index < -0.39 is 0 Å². The zero-order valence-corrected chi connectivity index (χ0v) is 15.7. The summed E-state index contributed by atoms with van der Waals surface area (Å²) in [7, 11) is 0. The second-order valence-electron chi connectivity index (χ2n) is 5.97. The first-order chi connectivity index (χ1) is 12.1. The lowest BCUT2D eigenvalue weighted by molar-refractivity contribution is -0.121. The second kappa shape index (κ2) is 10.1. The molecule has 0 aliphatic rings. The third kappa shape index (κ3) is 6.10. The highest BCUT2D eigenvalue weighted by Crippen LogP contribution is 2.17. The molecule has 1 heterocycles. The van der Waals surface area contributed by atoms with Crippen LogP contribution in [0.25, 0.3) is 11.4 Å². The molecule has 7 heteroatoms. The number of carbonyl (C=O) groups excluding carboxylic acids is 1. The Bertz CT molecular complexity index is 721. The number of aryl methyl sites for hydroxylation is 1. The van der Waals surface area contributed by atoms with Crippen molar-refractivity contribution in [1.82, 2.24) is 20.1 Å². The van der Waals surface area contributed by atoms with Gasteiger partial charge in [-0.3, -0.25) is 14.5 Å². The lowest BCUT2D eigenvalue weighted by Gasteiger charge is -2.09. The van der Waals surface area contributed by atoms with E-state index in [9.17, 15) is 4.79 Å². The molecule has 0 fully saturated rings. The first-order valence-corrected chi connectivity index (χ1v) is 9.09. The van der Waals surface area contributed by atoms with Crippen LogP contribution in [0, 0.1) is 11.7 Å². The summed E-state index contributed by atoms with van der Waals surface area (Å²) in [6.45, 7) is 6.36. The average molecular weight is 362 g/mol. The number of nitrogens with zero attached hydrogens (tertiary/aromatic N) is 2. The van der Waals surface area contributed by atoms with E-state index in [2.05, 4.69) is 22.4 Å². The van der Waals surface area contributed by atoms with Gasteiger partial charge in [0.05, 0.1) is 0 Å². The standard InChI is InChI=1S/C18H26N4O2S/c1-3-4-11-24-12-5-10-19-16(23)13-22-17(20-21-18(22)25)15-8-6-14(2)7-9-15/h6-9H,3-5,10-13H2,1-2H3,(H,19,23)(H,21,25). The Hall–Kier alpha value is -1.99. The molecule has 2 rings (SSSR count). The number of aromatic amines is 1. The summed E-state index contributed by atoms with van der Waals surface area (Å²) in [6, 6.07) is 7.97. The van der Waals surface area contributed by atoms with Crippen molar-refractivity contribution >= 4 is 18.1 Å². The third-order valence-electron chi connectivity index (χ3n) is 3.80. The Morgan fingerprint density at radius 1 is 1.28 bits per heavy atom. The topological polar surface area (TPSA) is 71.9 Å². The highest BCUT2D eigenvalue weighted by atomic mass is 32.1. The summed E-state index contributed by atoms with van der Waals surface area (Å²) in [4.78, 5) is 12.2. The van der Waals surface area contributed by atoms with Crippen molar-refractivity contribution in [3.8, 4) is 11.4 Å². The monoisotopic (exact) mass is 362 g/mol. The maximum Gasteiger partial charge on any atom is 0.240 e. The molecule has 0 spiro atoms. The first kappa shape index (κ1) is 19.3. The number of unbranched alkanes of at least 4 members (excludes halogenated alkanes) is 1. The fraction of sp³-hybridized carbons (Fsp3) is 0.500. The molecule has 1 aromatic carbocycles. The zero-order chi connectivity index (χ0) is 18.1. The molecule has 0 unspecified atom stereocenters. The number of hydrogen-bond acceptors (Lipinski definition) is 4. The van der Waals surface area contributed by atoms with Gasteiger partial charge in [-0.1, -0.05) is 43.2 Å². The SMILES string of the molecule is CCCCOCCCNC(=O)Cn1c(-c2ccc(C)cc2)n[nH]c1=S. The smallest absolute Gasteiger partial charge is 0.240 e. The number of ether oxygens (including phenoxy) is 1. The maximum absolute atomic E-state index is 12.2. The number of aromatic nitrogens is 3. The highest BCUT2D eigenvalue weighted by molar-refractivity contribution is 7.71. The number of hydrogen-bond donors (Lipinski definition) is 2. The molecule has 0 aliphatic carbocycles. The van der Waals surface area contributed by atoms with E-state index in [4.69, 9.17) is 17.0 Å². The van der Waals surface area contributed by atoms with Crippen molar-refractivity contribution in [1.29, 1.82) is 0 Å². The van der Waals surface area contributed by atoms with Gasteiger partial charge in [0.2, 0.25) is 5.91 Å². The van der Waals surface area contributed by atoms with Crippen LogP contribution in [0.2, 0.25) is 0 Å². The van der Waals surface area contributed by atoms with Gasteiger partial charge in [0.15, 0.2) is 10.6 Å². The van der Waals surface area contributed by atoms with E-state index in [1.165, 1.54) is 5.56 Å². The number of rotatable bonds is 10. The summed E-state index contributed by atoms with van der Waals surface area (Å²) >= 11 is 5.26. The fourth-order valence-corrected chi connectivity index (χ4v) is 2.53. The van der Waals surface area contributed by atoms with Crippen molar-refractivity contribution in [3.63, 3.8) is 0 Å². The Morgan fingerprint density at radius 3 is 2.72 bits per heavy atom. The summed E-state index contributed by atoms with van der Waals surface area (Å²) in [5.74, 6) is 0.586. The maximum atomic E-state index is 12.2. The van der Waals surface area contributed by atoms with Crippen LogP contribution in [0.4, 0.5) is 0 Å². The summed E-state index contributed by atoms with van der Waals surface area (Å²) in [5, 5.41) is 9.92. The molecule has 6 nitrogen and oxygen atoms in total. The molecule has 0 bridgehead atoms. The number of benzene rings is 1. The Morgan fingerprint density at radius 2 is 2.00 bits per heavy atom. The molecule has 1 aromatic heterocycles. The van der Waals surface area contributed by atoms with Gasteiger partial charge in [-0.25, -0.2) is 0 Å². The zero-order valence-electron chi connectivity index (χ0n) is 14.9. The van der Waals surface area contributed by atoms with E-state index in [1.807, 2.05) is 31.2 Å². The van der Waals surface area contributed by atoms with Crippen LogP contribution in [-0.2, 0) is 16.1 Å². The molecular weight excluding hydrogens is 336 g/mol. The highest BCUT2D eigenvalue weighted by Gasteiger charge is 2.12. The third-order valence-corrected chi connectivity index (χ3v) is 4.11. The molecule has 136 valence electrons. The van der Waals surface area contributed by atoms with Crippen molar-refractivity contribution in [3.05, 3.63) is 34.6 Å². The lowest BCUT2D eigenvalue weighted by Crippen LogP contribution is -2.29. The van der Waals surface area contributed by atoms with Gasteiger partial charge in [0, 0.05) is 25.3 Å². The molecular formula is C18H26N4O2S. The van der Waals surface area contributed by atoms with Gasteiger partial charge in [0.25, 0.3) is 0 Å². The van der Waals surface area contributed by atoms with Crippen molar-refractivity contribution in [2.45, 2.75) is 39.7 Å². The lowest BCUT2D eigenvalue weighted by atomic mass is 10.1. The van der Waals surface area contributed by atoms with Crippen LogP contribution in [0.3, 0.4) is 0 Å². The predicted molar refractivity (Wildman–Crippen MR) is 101 cm³/mol. The number of nitrogens with one attached hydrogen (secondary N) is 2. The van der Waals surface area contributed by atoms with Crippen molar-refractivity contribution < 1.29 is 9.53 Å². The Balaban J connectivity index is 1.86. The van der Waals surface area contributed by atoms with Gasteiger partial charge in [-0.2, -0.15) is 5.10 Å². The molecule has 25 heavy (non-hydrogen) atoms. The molecule has 0 radical (unpaired) electrons. The van der Waals surface area contributed by atoms with Crippen LogP contribution in [0.5, 0.6) is 0 Å². The van der Waals surface area contributed by atoms with E-state index in [0.717, 1.165) is 31.4 Å². The normalized spacial score (nSPS) is 10.8. The molecule has 0 saturated heterocycles. The van der Waals surface area contributed by atoms with Crippen LogP contribution >= 0.6 is 12.2 Å². The van der Waals surface area contributed by atoms with Crippen molar-refractivity contribution in [2.24, 2.45) is 0 Å². The molecule has 0 atom stereocenters. The molecule has 1 amide bonds. The van der Waals surface area contributed by atoms with E-state index in [-0.39, 0.29) is 12.5 Å². The summed E-state index contributed by atoms with van der Waals surface area (Å²) in [6.07, 6.45) is 3.01. The van der Waals surface area contributed by atoms with Gasteiger partial charge in [-0.05, 0) is 32.0 Å².